The topological polar surface area (TPSA) is 92.0 Å². The second-order valence-electron chi connectivity index (χ2n) is 7.32. The predicted octanol–water partition coefficient (Wildman–Crippen LogP) is 4.33. The van der Waals surface area contributed by atoms with Crippen LogP contribution in [0.25, 0.3) is 10.9 Å². The smallest absolute Gasteiger partial charge is 0.346 e. The van der Waals surface area contributed by atoms with Crippen molar-refractivity contribution in [2.45, 2.75) is 39.2 Å². The number of carbonyl (C=O) groups excluding carboxylic acids is 1. The third-order valence-electron chi connectivity index (χ3n) is 5.00. The monoisotopic (exact) mass is 515 g/mol. The van der Waals surface area contributed by atoms with Gasteiger partial charge in [0.2, 0.25) is 0 Å². The molecule has 0 spiro atoms. The summed E-state index contributed by atoms with van der Waals surface area (Å²) < 4.78 is 18.1. The molecule has 0 bridgehead atoms. The normalized spacial score (nSPS) is 12.2. The zero-order valence-electron chi connectivity index (χ0n) is 19.0. The Kier molecular flexibility index (Phi) is 8.21. The zero-order chi connectivity index (χ0) is 24.0. The highest BCUT2D eigenvalue weighted by Gasteiger charge is 2.19. The minimum atomic E-state index is -0.860. The number of benzene rings is 2. The number of ether oxygens (including phenoxy) is 3. The number of fused-ring (bicyclic) bond motifs is 1. The van der Waals surface area contributed by atoms with Gasteiger partial charge in [-0.2, -0.15) is 9.78 Å². The third-order valence-corrected chi connectivity index (χ3v) is 5.49. The Morgan fingerprint density at radius 3 is 2.76 bits per heavy atom. The minimum Gasteiger partial charge on any atom is -0.493 e. The number of aryl methyl sites for hydroxylation is 1. The lowest BCUT2D eigenvalue weighted by molar-refractivity contribution is -0.147. The van der Waals surface area contributed by atoms with Crippen molar-refractivity contribution in [2.75, 3.05) is 14.2 Å². The molecule has 1 aromatic heterocycles. The Morgan fingerprint density at radius 1 is 1.27 bits per heavy atom. The number of esters is 1. The van der Waals surface area contributed by atoms with Gasteiger partial charge < -0.3 is 14.2 Å². The summed E-state index contributed by atoms with van der Waals surface area (Å²) in [5.41, 5.74) is 0.891. The number of carbonyl (C=O) groups is 1. The number of halogens is 1. The Balaban J connectivity index is 2.10. The number of aromatic nitrogens is 2. The highest BCUT2D eigenvalue weighted by molar-refractivity contribution is 9.10. The Hall–Kier alpha value is -3.20. The summed E-state index contributed by atoms with van der Waals surface area (Å²) >= 11 is 3.41. The largest absolute Gasteiger partial charge is 0.493 e. The maximum atomic E-state index is 13.3. The van der Waals surface area contributed by atoms with Gasteiger partial charge in [-0.25, -0.2) is 9.78 Å². The lowest BCUT2D eigenvalue weighted by Gasteiger charge is -2.17. The van der Waals surface area contributed by atoms with E-state index < -0.39 is 12.1 Å². The molecule has 0 aliphatic carbocycles. The molecule has 0 aliphatic rings. The van der Waals surface area contributed by atoms with E-state index in [-0.39, 0.29) is 5.56 Å². The van der Waals surface area contributed by atoms with Crippen molar-refractivity contribution in [3.05, 3.63) is 62.6 Å². The van der Waals surface area contributed by atoms with E-state index in [2.05, 4.69) is 32.9 Å². The molecule has 0 unspecified atom stereocenters. The van der Waals surface area contributed by atoms with Crippen molar-refractivity contribution < 1.29 is 19.0 Å². The summed E-state index contributed by atoms with van der Waals surface area (Å²) in [6.45, 7) is 3.66. The molecule has 0 radical (unpaired) electrons. The third kappa shape index (κ3) is 5.60. The zero-order valence-corrected chi connectivity index (χ0v) is 20.6. The van der Waals surface area contributed by atoms with Gasteiger partial charge in [-0.05, 0) is 43.7 Å². The summed E-state index contributed by atoms with van der Waals surface area (Å²) in [5, 5.41) is 4.93. The van der Waals surface area contributed by atoms with Crippen molar-refractivity contribution >= 4 is 39.0 Å². The van der Waals surface area contributed by atoms with E-state index in [4.69, 9.17) is 14.2 Å². The van der Waals surface area contributed by atoms with E-state index in [1.54, 1.807) is 31.2 Å². The standard InChI is InChI=1S/C24H26BrN3O5/c1-5-6-10-21-27-19-12-11-17(25)13-18(19)23(29)28(21)26-14-16-8-7-9-20(31-3)22(16)33-15(2)24(30)32-4/h7-9,11-15H,5-6,10H2,1-4H3/t15-/m0/s1. The summed E-state index contributed by atoms with van der Waals surface area (Å²) in [5.74, 6) is 0.794. The average molecular weight is 516 g/mol. The van der Waals surface area contributed by atoms with Crippen LogP contribution in [-0.4, -0.2) is 42.2 Å². The molecule has 1 atom stereocenters. The van der Waals surface area contributed by atoms with Crippen LogP contribution in [-0.2, 0) is 16.0 Å². The van der Waals surface area contributed by atoms with Crippen LogP contribution >= 0.6 is 15.9 Å². The molecule has 0 saturated heterocycles. The second-order valence-corrected chi connectivity index (χ2v) is 8.23. The quantitative estimate of drug-likeness (QED) is 0.311. The first-order valence-electron chi connectivity index (χ1n) is 10.6. The summed E-state index contributed by atoms with van der Waals surface area (Å²) in [6, 6.07) is 10.6. The van der Waals surface area contributed by atoms with E-state index in [0.717, 1.165) is 17.3 Å². The Morgan fingerprint density at radius 2 is 2.06 bits per heavy atom. The van der Waals surface area contributed by atoms with Crippen molar-refractivity contribution in [2.24, 2.45) is 5.10 Å². The number of unbranched alkanes of at least 4 members (excludes halogenated alkanes) is 1. The van der Waals surface area contributed by atoms with Crippen LogP contribution in [0.15, 0.2) is 50.8 Å². The molecule has 3 aromatic rings. The number of para-hydroxylation sites is 1. The van der Waals surface area contributed by atoms with Crippen LogP contribution in [0.1, 0.15) is 38.1 Å². The van der Waals surface area contributed by atoms with Crippen molar-refractivity contribution in [3.8, 4) is 11.5 Å². The Bertz CT molecular complexity index is 1240. The summed E-state index contributed by atoms with van der Waals surface area (Å²) in [6.07, 6.45) is 3.08. The molecular weight excluding hydrogens is 490 g/mol. The van der Waals surface area contributed by atoms with Crippen LogP contribution in [0.2, 0.25) is 0 Å². The maximum Gasteiger partial charge on any atom is 0.346 e. The molecule has 8 nitrogen and oxygen atoms in total. The van der Waals surface area contributed by atoms with E-state index in [9.17, 15) is 9.59 Å². The maximum absolute atomic E-state index is 13.3. The average Bonchev–Trinajstić information content (AvgIpc) is 2.82. The van der Waals surface area contributed by atoms with E-state index in [1.807, 2.05) is 12.1 Å². The molecular formula is C24H26BrN3O5. The molecule has 2 aromatic carbocycles. The lowest BCUT2D eigenvalue weighted by Crippen LogP contribution is -2.25. The van der Waals surface area contributed by atoms with Gasteiger partial charge >= 0.3 is 5.97 Å². The highest BCUT2D eigenvalue weighted by Crippen LogP contribution is 2.31. The number of nitrogens with zero attached hydrogens (tertiary/aromatic N) is 3. The van der Waals surface area contributed by atoms with Crippen LogP contribution in [0.3, 0.4) is 0 Å². The molecule has 0 fully saturated rings. The summed E-state index contributed by atoms with van der Waals surface area (Å²) in [4.78, 5) is 29.8. The van der Waals surface area contributed by atoms with Gasteiger partial charge in [0, 0.05) is 16.5 Å². The predicted molar refractivity (Wildman–Crippen MR) is 130 cm³/mol. The summed E-state index contributed by atoms with van der Waals surface area (Å²) in [7, 11) is 2.80. The van der Waals surface area contributed by atoms with Gasteiger partial charge in [-0.1, -0.05) is 35.3 Å². The lowest BCUT2D eigenvalue weighted by atomic mass is 10.2. The van der Waals surface area contributed by atoms with Gasteiger partial charge in [0.25, 0.3) is 5.56 Å². The van der Waals surface area contributed by atoms with E-state index >= 15 is 0 Å². The molecule has 0 amide bonds. The number of hydrogen-bond donors (Lipinski definition) is 0. The van der Waals surface area contributed by atoms with E-state index in [1.165, 1.54) is 25.1 Å². The van der Waals surface area contributed by atoms with Crippen LogP contribution < -0.4 is 15.0 Å². The first kappa shape index (κ1) is 24.4. The molecule has 9 heteroatoms. The van der Waals surface area contributed by atoms with Crippen LogP contribution in [0.5, 0.6) is 11.5 Å². The van der Waals surface area contributed by atoms with Gasteiger partial charge in [-0.3, -0.25) is 4.79 Å². The second kappa shape index (κ2) is 11.1. The molecule has 0 saturated carbocycles. The SMILES string of the molecule is CCCCc1nc2ccc(Br)cc2c(=O)n1N=Cc1cccc(OC)c1O[C@@H](C)C(=O)OC. The number of methoxy groups -OCH3 is 2. The first-order valence-corrected chi connectivity index (χ1v) is 11.4. The fraction of sp³-hybridized carbons (Fsp3) is 0.333. The number of hydrogen-bond acceptors (Lipinski definition) is 7. The van der Waals surface area contributed by atoms with Gasteiger partial charge in [0.05, 0.1) is 31.3 Å². The van der Waals surface area contributed by atoms with Gasteiger partial charge in [0.15, 0.2) is 17.6 Å². The highest BCUT2D eigenvalue weighted by atomic mass is 79.9. The molecule has 33 heavy (non-hydrogen) atoms. The van der Waals surface area contributed by atoms with Crippen molar-refractivity contribution in [3.63, 3.8) is 0 Å². The van der Waals surface area contributed by atoms with Crippen molar-refractivity contribution in [1.82, 2.24) is 9.66 Å². The molecule has 0 aliphatic heterocycles. The van der Waals surface area contributed by atoms with Crippen molar-refractivity contribution in [1.29, 1.82) is 0 Å². The van der Waals surface area contributed by atoms with Crippen LogP contribution in [0, 0.1) is 0 Å². The molecule has 0 N–H and O–H groups in total. The molecule has 1 heterocycles. The first-order chi connectivity index (χ1) is 15.9. The van der Waals surface area contributed by atoms with Crippen LogP contribution in [0.4, 0.5) is 0 Å². The van der Waals surface area contributed by atoms with Gasteiger partial charge in [0.1, 0.15) is 5.82 Å². The van der Waals surface area contributed by atoms with E-state index in [0.29, 0.717) is 40.2 Å². The fourth-order valence-corrected chi connectivity index (χ4v) is 3.60. The minimum absolute atomic E-state index is 0.267. The molecule has 3 rings (SSSR count). The molecule has 174 valence electrons. The number of rotatable bonds is 9. The van der Waals surface area contributed by atoms with Gasteiger partial charge in [-0.15, -0.1) is 0 Å². The fourth-order valence-electron chi connectivity index (χ4n) is 3.24. The Labute approximate surface area is 200 Å².